The Balaban J connectivity index is 1.28. The van der Waals surface area contributed by atoms with Crippen molar-refractivity contribution in [1.29, 1.82) is 0 Å². The molecule has 0 aromatic heterocycles. The molecule has 2 heterocycles. The quantitative estimate of drug-likeness (QED) is 0.798. The molecule has 2 aliphatic heterocycles. The lowest BCUT2D eigenvalue weighted by atomic mass is 9.78. The molecule has 1 aromatic rings. The van der Waals surface area contributed by atoms with Crippen molar-refractivity contribution in [2.24, 2.45) is 5.41 Å². The van der Waals surface area contributed by atoms with Crippen LogP contribution in [-0.2, 0) is 4.74 Å². The number of nitrogens with zero attached hydrogens (tertiary/aromatic N) is 2. The third-order valence-electron chi connectivity index (χ3n) is 5.98. The fourth-order valence-corrected chi connectivity index (χ4v) is 4.51. The van der Waals surface area contributed by atoms with Crippen molar-refractivity contribution in [3.8, 4) is 0 Å². The molecule has 0 unspecified atom stereocenters. The van der Waals surface area contributed by atoms with Gasteiger partial charge in [0.05, 0.1) is 0 Å². The fourth-order valence-electron chi connectivity index (χ4n) is 4.51. The number of rotatable bonds is 2. The lowest BCUT2D eigenvalue weighted by molar-refractivity contribution is 0.00820. The maximum atomic E-state index is 12.0. The first-order chi connectivity index (χ1) is 11.8. The second-order valence-electron chi connectivity index (χ2n) is 9.24. The number of hydrogen-bond donors (Lipinski definition) is 0. The van der Waals surface area contributed by atoms with E-state index in [1.807, 2.05) is 20.8 Å². The van der Waals surface area contributed by atoms with Gasteiger partial charge >= 0.3 is 6.09 Å². The molecule has 1 aromatic carbocycles. The maximum absolute atomic E-state index is 12.0. The molecule has 25 heavy (non-hydrogen) atoms. The minimum atomic E-state index is -0.419. The Kier molecular flexibility index (Phi) is 3.97. The van der Waals surface area contributed by atoms with Crippen LogP contribution in [0.15, 0.2) is 24.3 Å². The molecule has 4 heteroatoms. The molecule has 1 saturated carbocycles. The summed E-state index contributed by atoms with van der Waals surface area (Å²) < 4.78 is 5.42. The number of likely N-dealkylation sites (tertiary alicyclic amines) is 1. The van der Waals surface area contributed by atoms with Crippen molar-refractivity contribution >= 4 is 11.8 Å². The van der Waals surface area contributed by atoms with E-state index in [1.54, 1.807) is 4.90 Å². The zero-order valence-electron chi connectivity index (χ0n) is 15.8. The van der Waals surface area contributed by atoms with Gasteiger partial charge in [-0.2, -0.15) is 0 Å². The second kappa shape index (κ2) is 5.93. The average Bonchev–Trinajstić information content (AvgIpc) is 2.93. The second-order valence-corrected chi connectivity index (χ2v) is 9.24. The van der Waals surface area contributed by atoms with Crippen LogP contribution in [0.2, 0.25) is 0 Å². The van der Waals surface area contributed by atoms with Crippen LogP contribution < -0.4 is 4.90 Å². The molecule has 0 bridgehead atoms. The van der Waals surface area contributed by atoms with Gasteiger partial charge < -0.3 is 14.5 Å². The van der Waals surface area contributed by atoms with E-state index in [1.165, 1.54) is 50.0 Å². The molecule has 1 amide bonds. The minimum absolute atomic E-state index is 0.192. The molecule has 136 valence electrons. The van der Waals surface area contributed by atoms with Crippen LogP contribution in [0.4, 0.5) is 10.5 Å². The van der Waals surface area contributed by atoms with Gasteiger partial charge in [-0.25, -0.2) is 4.79 Å². The zero-order chi connectivity index (χ0) is 17.7. The molecule has 0 radical (unpaired) electrons. The topological polar surface area (TPSA) is 32.8 Å². The summed E-state index contributed by atoms with van der Waals surface area (Å²) in [5.74, 6) is 0.444. The highest BCUT2D eigenvalue weighted by molar-refractivity contribution is 5.69. The summed E-state index contributed by atoms with van der Waals surface area (Å²) in [6.45, 7) is 9.73. The molecular weight excluding hydrogens is 312 g/mol. The summed E-state index contributed by atoms with van der Waals surface area (Å²) in [7, 11) is 0. The Bertz CT molecular complexity index is 627. The predicted molar refractivity (Wildman–Crippen MR) is 100 cm³/mol. The lowest BCUT2D eigenvalue weighted by Gasteiger charge is -2.50. The molecule has 0 atom stereocenters. The third-order valence-corrected chi connectivity index (χ3v) is 5.98. The molecule has 1 aliphatic carbocycles. The van der Waals surface area contributed by atoms with Gasteiger partial charge in [-0.3, -0.25) is 0 Å². The van der Waals surface area contributed by atoms with Gasteiger partial charge in [0.2, 0.25) is 0 Å². The van der Waals surface area contributed by atoms with Gasteiger partial charge in [-0.05, 0) is 51.3 Å². The van der Waals surface area contributed by atoms with Crippen molar-refractivity contribution in [1.82, 2.24) is 4.90 Å². The van der Waals surface area contributed by atoms with Crippen molar-refractivity contribution < 1.29 is 9.53 Å². The van der Waals surface area contributed by atoms with Crippen LogP contribution in [0.25, 0.3) is 0 Å². The van der Waals surface area contributed by atoms with Gasteiger partial charge in [0, 0.05) is 43.2 Å². The first kappa shape index (κ1) is 16.7. The van der Waals surface area contributed by atoms with Gasteiger partial charge in [0.1, 0.15) is 5.60 Å². The third kappa shape index (κ3) is 3.36. The van der Waals surface area contributed by atoms with Crippen molar-refractivity contribution in [2.45, 2.75) is 58.0 Å². The molecule has 1 spiro atoms. The van der Waals surface area contributed by atoms with Crippen molar-refractivity contribution in [2.75, 3.05) is 31.1 Å². The summed E-state index contributed by atoms with van der Waals surface area (Å²) in [6, 6.07) is 9.00. The van der Waals surface area contributed by atoms with Crippen LogP contribution in [0.3, 0.4) is 0 Å². The molecule has 3 fully saturated rings. The molecular formula is C21H30N2O2. The Hall–Kier alpha value is -1.71. The predicted octanol–water partition coefficient (Wildman–Crippen LogP) is 4.40. The standard InChI is InChI=1S/C21H30N2O2/c1-20(2,3)25-19(24)22-12-17(13-22)16-6-8-18(9-7-16)23-14-21(15-23)10-4-5-11-21/h6-9,17H,4-5,10-15H2,1-3H3. The molecule has 4 rings (SSSR count). The summed E-state index contributed by atoms with van der Waals surface area (Å²) in [6.07, 6.45) is 5.49. The molecule has 0 N–H and O–H groups in total. The largest absolute Gasteiger partial charge is 0.444 e. The van der Waals surface area contributed by atoms with E-state index >= 15 is 0 Å². The van der Waals surface area contributed by atoms with Gasteiger partial charge in [-0.15, -0.1) is 0 Å². The van der Waals surface area contributed by atoms with Crippen LogP contribution in [0.5, 0.6) is 0 Å². The Morgan fingerprint density at radius 3 is 2.24 bits per heavy atom. The summed E-state index contributed by atoms with van der Waals surface area (Å²) in [5.41, 5.74) is 2.91. The Morgan fingerprint density at radius 1 is 1.08 bits per heavy atom. The SMILES string of the molecule is CC(C)(C)OC(=O)N1CC(c2ccc(N3CC4(CCCC4)C3)cc2)C1. The van der Waals surface area contributed by atoms with E-state index in [0.717, 1.165) is 13.1 Å². The summed E-state index contributed by atoms with van der Waals surface area (Å²) >= 11 is 0. The molecule has 3 aliphatic rings. The van der Waals surface area contributed by atoms with Gasteiger partial charge in [0.25, 0.3) is 0 Å². The summed E-state index contributed by atoms with van der Waals surface area (Å²) in [5, 5.41) is 0. The smallest absolute Gasteiger partial charge is 0.410 e. The Labute approximate surface area is 151 Å². The van der Waals surface area contributed by atoms with Gasteiger partial charge in [0.15, 0.2) is 0 Å². The highest BCUT2D eigenvalue weighted by atomic mass is 16.6. The number of hydrogen-bond acceptors (Lipinski definition) is 3. The highest BCUT2D eigenvalue weighted by Gasteiger charge is 2.44. The van der Waals surface area contributed by atoms with E-state index in [9.17, 15) is 4.79 Å². The van der Waals surface area contributed by atoms with Crippen molar-refractivity contribution in [3.63, 3.8) is 0 Å². The first-order valence-electron chi connectivity index (χ1n) is 9.67. The van der Waals surface area contributed by atoms with Gasteiger partial charge in [-0.1, -0.05) is 25.0 Å². The van der Waals surface area contributed by atoms with Crippen LogP contribution in [0.1, 0.15) is 57.9 Å². The summed E-state index contributed by atoms with van der Waals surface area (Å²) in [4.78, 5) is 16.3. The maximum Gasteiger partial charge on any atom is 0.410 e. The van der Waals surface area contributed by atoms with E-state index in [-0.39, 0.29) is 6.09 Å². The number of benzene rings is 1. The number of anilines is 1. The van der Waals surface area contributed by atoms with Crippen molar-refractivity contribution in [3.05, 3.63) is 29.8 Å². The highest BCUT2D eigenvalue weighted by Crippen LogP contribution is 2.47. The van der Waals surface area contributed by atoms with E-state index in [2.05, 4.69) is 29.2 Å². The minimum Gasteiger partial charge on any atom is -0.444 e. The van der Waals surface area contributed by atoms with E-state index < -0.39 is 5.60 Å². The zero-order valence-corrected chi connectivity index (χ0v) is 15.8. The monoisotopic (exact) mass is 342 g/mol. The van der Waals surface area contributed by atoms with E-state index in [0.29, 0.717) is 11.3 Å². The number of carbonyl (C=O) groups is 1. The van der Waals surface area contributed by atoms with Crippen LogP contribution in [-0.4, -0.2) is 42.8 Å². The fraction of sp³-hybridized carbons (Fsp3) is 0.667. The number of amides is 1. The van der Waals surface area contributed by atoms with E-state index in [4.69, 9.17) is 4.74 Å². The van der Waals surface area contributed by atoms with Crippen LogP contribution in [0, 0.1) is 5.41 Å². The Morgan fingerprint density at radius 2 is 1.68 bits per heavy atom. The lowest BCUT2D eigenvalue weighted by Crippen LogP contribution is -2.55. The first-order valence-corrected chi connectivity index (χ1v) is 9.67. The molecule has 2 saturated heterocycles. The molecule has 4 nitrogen and oxygen atoms in total. The normalized spacial score (nSPS) is 22.7. The van der Waals surface area contributed by atoms with Crippen LogP contribution >= 0.6 is 0 Å². The number of ether oxygens (including phenoxy) is 1. The average molecular weight is 342 g/mol. The number of carbonyl (C=O) groups excluding carboxylic acids is 1.